The SMILES string of the molecule is O=C(NCCCN1CCc2ccccc21)Nc1cccc(Cn2cccnc2=O)c1. The van der Waals surface area contributed by atoms with Crippen LogP contribution in [0.3, 0.4) is 0 Å². The second-order valence-corrected chi connectivity index (χ2v) is 7.33. The maximum absolute atomic E-state index is 12.2. The van der Waals surface area contributed by atoms with Gasteiger partial charge in [-0.05, 0) is 48.2 Å². The molecule has 7 nitrogen and oxygen atoms in total. The topological polar surface area (TPSA) is 79.3 Å². The lowest BCUT2D eigenvalue weighted by Crippen LogP contribution is -2.32. The number of hydrogen-bond acceptors (Lipinski definition) is 4. The first-order chi connectivity index (χ1) is 14.7. The summed E-state index contributed by atoms with van der Waals surface area (Å²) in [5.41, 5.74) is 4.02. The predicted octanol–water partition coefficient (Wildman–Crippen LogP) is 2.87. The van der Waals surface area contributed by atoms with Crippen molar-refractivity contribution in [2.24, 2.45) is 0 Å². The number of urea groups is 1. The van der Waals surface area contributed by atoms with Gasteiger partial charge in [0.1, 0.15) is 0 Å². The molecule has 1 aromatic heterocycles. The highest BCUT2D eigenvalue weighted by Gasteiger charge is 2.17. The van der Waals surface area contributed by atoms with E-state index in [2.05, 4.69) is 44.8 Å². The van der Waals surface area contributed by atoms with Crippen molar-refractivity contribution >= 4 is 17.4 Å². The lowest BCUT2D eigenvalue weighted by molar-refractivity contribution is 0.252. The molecule has 30 heavy (non-hydrogen) atoms. The summed E-state index contributed by atoms with van der Waals surface area (Å²) in [5, 5.41) is 5.78. The van der Waals surface area contributed by atoms with Crippen LogP contribution < -0.4 is 21.2 Å². The van der Waals surface area contributed by atoms with E-state index >= 15 is 0 Å². The highest BCUT2D eigenvalue weighted by atomic mass is 16.2. The summed E-state index contributed by atoms with van der Waals surface area (Å²) in [5.74, 6) is 0. The molecule has 0 unspecified atom stereocenters. The molecule has 7 heteroatoms. The van der Waals surface area contributed by atoms with E-state index < -0.39 is 0 Å². The molecule has 0 saturated carbocycles. The molecular weight excluding hydrogens is 378 g/mol. The Bertz CT molecular complexity index is 1080. The van der Waals surface area contributed by atoms with Gasteiger partial charge >= 0.3 is 11.7 Å². The summed E-state index contributed by atoms with van der Waals surface area (Å²) in [4.78, 5) is 30.1. The molecule has 3 aromatic rings. The average Bonchev–Trinajstić information content (AvgIpc) is 3.16. The van der Waals surface area contributed by atoms with E-state index in [0.717, 1.165) is 31.5 Å². The molecule has 0 aliphatic carbocycles. The zero-order valence-electron chi connectivity index (χ0n) is 16.8. The number of hydrogen-bond donors (Lipinski definition) is 2. The van der Waals surface area contributed by atoms with Crippen LogP contribution in [0.25, 0.3) is 0 Å². The number of rotatable bonds is 7. The highest BCUT2D eigenvalue weighted by molar-refractivity contribution is 5.89. The molecule has 1 aliphatic heterocycles. The van der Waals surface area contributed by atoms with Crippen LogP contribution in [0.1, 0.15) is 17.5 Å². The van der Waals surface area contributed by atoms with Crippen molar-refractivity contribution in [2.45, 2.75) is 19.4 Å². The van der Waals surface area contributed by atoms with Gasteiger partial charge in [0.25, 0.3) is 0 Å². The molecule has 4 rings (SSSR count). The number of anilines is 2. The molecule has 0 spiro atoms. The number of nitrogens with zero attached hydrogens (tertiary/aromatic N) is 3. The molecule has 0 saturated heterocycles. The van der Waals surface area contributed by atoms with E-state index in [9.17, 15) is 9.59 Å². The minimum Gasteiger partial charge on any atom is -0.371 e. The number of benzene rings is 2. The van der Waals surface area contributed by atoms with Gasteiger partial charge in [-0.3, -0.25) is 4.57 Å². The van der Waals surface area contributed by atoms with Gasteiger partial charge in [0.2, 0.25) is 0 Å². The van der Waals surface area contributed by atoms with Crippen molar-refractivity contribution in [3.63, 3.8) is 0 Å². The Morgan fingerprint density at radius 2 is 2.00 bits per heavy atom. The largest absolute Gasteiger partial charge is 0.371 e. The van der Waals surface area contributed by atoms with Crippen LogP contribution in [0.2, 0.25) is 0 Å². The maximum Gasteiger partial charge on any atom is 0.347 e. The first-order valence-corrected chi connectivity index (χ1v) is 10.2. The fraction of sp³-hybridized carbons (Fsp3) is 0.261. The van der Waals surface area contributed by atoms with Crippen LogP contribution in [0, 0.1) is 0 Å². The first-order valence-electron chi connectivity index (χ1n) is 10.2. The molecule has 0 atom stereocenters. The first kappa shape index (κ1) is 19.7. The number of carbonyl (C=O) groups excluding carboxylic acids is 1. The Morgan fingerprint density at radius 3 is 2.90 bits per heavy atom. The maximum atomic E-state index is 12.2. The molecular formula is C23H25N5O2. The summed E-state index contributed by atoms with van der Waals surface area (Å²) >= 11 is 0. The second kappa shape index (κ2) is 9.26. The third-order valence-corrected chi connectivity index (χ3v) is 5.19. The zero-order chi connectivity index (χ0) is 20.8. The van der Waals surface area contributed by atoms with Gasteiger partial charge in [0.15, 0.2) is 0 Å². The van der Waals surface area contributed by atoms with E-state index in [1.54, 1.807) is 12.3 Å². The van der Waals surface area contributed by atoms with Crippen LogP contribution in [0.5, 0.6) is 0 Å². The van der Waals surface area contributed by atoms with Gasteiger partial charge in [0.05, 0.1) is 6.54 Å². The van der Waals surface area contributed by atoms with E-state index in [1.807, 2.05) is 24.3 Å². The molecule has 0 radical (unpaired) electrons. The average molecular weight is 403 g/mol. The van der Waals surface area contributed by atoms with E-state index in [1.165, 1.54) is 22.0 Å². The Hall–Kier alpha value is -3.61. The van der Waals surface area contributed by atoms with E-state index in [4.69, 9.17) is 0 Å². The Kier molecular flexibility index (Phi) is 6.08. The quantitative estimate of drug-likeness (QED) is 0.595. The van der Waals surface area contributed by atoms with Crippen molar-refractivity contribution in [1.29, 1.82) is 0 Å². The van der Waals surface area contributed by atoms with Crippen LogP contribution in [0.4, 0.5) is 16.2 Å². The number of para-hydroxylation sites is 1. The van der Waals surface area contributed by atoms with Crippen LogP contribution in [-0.2, 0) is 13.0 Å². The van der Waals surface area contributed by atoms with Gasteiger partial charge in [-0.2, -0.15) is 0 Å². The molecule has 2 aromatic carbocycles. The van der Waals surface area contributed by atoms with Gasteiger partial charge in [-0.1, -0.05) is 30.3 Å². The van der Waals surface area contributed by atoms with E-state index in [0.29, 0.717) is 18.8 Å². The number of aromatic nitrogens is 2. The number of fused-ring (bicyclic) bond motifs is 1. The summed E-state index contributed by atoms with van der Waals surface area (Å²) in [6.45, 7) is 2.97. The van der Waals surface area contributed by atoms with Crippen molar-refractivity contribution in [3.8, 4) is 0 Å². The minimum atomic E-state index is -0.297. The number of amides is 2. The molecule has 2 heterocycles. The van der Waals surface area contributed by atoms with Crippen molar-refractivity contribution in [2.75, 3.05) is 29.9 Å². The monoisotopic (exact) mass is 403 g/mol. The molecule has 2 N–H and O–H groups in total. The normalized spacial score (nSPS) is 12.5. The van der Waals surface area contributed by atoms with Crippen molar-refractivity contribution in [1.82, 2.24) is 14.9 Å². The van der Waals surface area contributed by atoms with Gasteiger partial charge in [-0.25, -0.2) is 14.6 Å². The standard InChI is InChI=1S/C23H25N5O2/c29-22(24-11-4-13-27-15-10-19-7-1-2-9-21(19)27)26-20-8-3-6-18(16-20)17-28-14-5-12-25-23(28)30/h1-3,5-9,12,14,16H,4,10-11,13,15,17H2,(H2,24,26,29). The predicted molar refractivity (Wildman–Crippen MR) is 118 cm³/mol. The lowest BCUT2D eigenvalue weighted by atomic mass is 10.2. The minimum absolute atomic E-state index is 0.229. The number of nitrogens with one attached hydrogen (secondary N) is 2. The van der Waals surface area contributed by atoms with Crippen LogP contribution in [-0.4, -0.2) is 35.2 Å². The molecule has 154 valence electrons. The van der Waals surface area contributed by atoms with Gasteiger partial charge in [0, 0.05) is 43.4 Å². The number of carbonyl (C=O) groups is 1. The van der Waals surface area contributed by atoms with Crippen molar-refractivity contribution < 1.29 is 4.79 Å². The van der Waals surface area contributed by atoms with Gasteiger partial charge in [-0.15, -0.1) is 0 Å². The Morgan fingerprint density at radius 1 is 1.10 bits per heavy atom. The highest BCUT2D eigenvalue weighted by Crippen LogP contribution is 2.27. The third kappa shape index (κ3) is 4.86. The molecule has 0 fully saturated rings. The summed E-state index contributed by atoms with van der Waals surface area (Å²) in [7, 11) is 0. The third-order valence-electron chi connectivity index (χ3n) is 5.19. The Balaban J connectivity index is 1.24. The molecule has 2 amide bonds. The molecule has 1 aliphatic rings. The summed E-state index contributed by atoms with van der Waals surface area (Å²) in [6, 6.07) is 17.4. The van der Waals surface area contributed by atoms with Crippen LogP contribution in [0.15, 0.2) is 71.8 Å². The van der Waals surface area contributed by atoms with Crippen molar-refractivity contribution in [3.05, 3.63) is 88.6 Å². The summed E-state index contributed by atoms with van der Waals surface area (Å²) < 4.78 is 1.52. The van der Waals surface area contributed by atoms with Gasteiger partial charge < -0.3 is 15.5 Å². The van der Waals surface area contributed by atoms with E-state index in [-0.39, 0.29) is 11.7 Å². The lowest BCUT2D eigenvalue weighted by Gasteiger charge is -2.19. The fourth-order valence-corrected chi connectivity index (χ4v) is 3.74. The smallest absolute Gasteiger partial charge is 0.347 e. The molecule has 0 bridgehead atoms. The second-order valence-electron chi connectivity index (χ2n) is 7.33. The summed E-state index contributed by atoms with van der Waals surface area (Å²) in [6.07, 6.45) is 5.14. The zero-order valence-corrected chi connectivity index (χ0v) is 16.8. The van der Waals surface area contributed by atoms with Crippen LogP contribution >= 0.6 is 0 Å². The Labute approximate surface area is 175 Å². The fourth-order valence-electron chi connectivity index (χ4n) is 3.74.